The monoisotopic (exact) mass is 330 g/mol. The summed E-state index contributed by atoms with van der Waals surface area (Å²) < 4.78 is 27.2. The first-order chi connectivity index (χ1) is 9.88. The number of nitrogens with one attached hydrogen (secondary N) is 1. The Bertz CT molecular complexity index is 655. The number of aromatic carboxylic acids is 1. The highest BCUT2D eigenvalue weighted by Crippen LogP contribution is 2.49. The van der Waals surface area contributed by atoms with Crippen LogP contribution in [0.2, 0.25) is 0 Å². The molecule has 2 saturated carbocycles. The van der Waals surface area contributed by atoms with E-state index in [0.717, 1.165) is 23.7 Å². The predicted molar refractivity (Wildman–Crippen MR) is 77.8 cm³/mol. The van der Waals surface area contributed by atoms with E-state index in [4.69, 9.17) is 5.11 Å². The minimum absolute atomic E-state index is 0.172. The first kappa shape index (κ1) is 14.9. The number of hydrogen-bond donors (Lipinski definition) is 2. The summed E-state index contributed by atoms with van der Waals surface area (Å²) in [4.78, 5) is 14.7. The van der Waals surface area contributed by atoms with Gasteiger partial charge in [-0.2, -0.15) is 0 Å². The molecule has 4 unspecified atom stereocenters. The van der Waals surface area contributed by atoms with Crippen molar-refractivity contribution in [3.8, 4) is 0 Å². The van der Waals surface area contributed by atoms with Gasteiger partial charge in [0.1, 0.15) is 0 Å². The third kappa shape index (κ3) is 2.72. The molecular formula is C13H18N2O4S2. The second-order valence-corrected chi connectivity index (χ2v) is 8.81. The molecule has 0 aromatic carbocycles. The molecule has 1 aromatic rings. The molecule has 3 rings (SSSR count). The number of rotatable bonds is 5. The number of sulfonamides is 1. The van der Waals surface area contributed by atoms with Crippen molar-refractivity contribution in [1.82, 2.24) is 9.71 Å². The topological polar surface area (TPSA) is 96.4 Å². The third-order valence-corrected chi connectivity index (χ3v) is 7.69. The number of aromatic nitrogens is 1. The van der Waals surface area contributed by atoms with Crippen molar-refractivity contribution in [3.05, 3.63) is 11.2 Å². The molecular weight excluding hydrogens is 312 g/mol. The molecule has 4 atom stereocenters. The van der Waals surface area contributed by atoms with Gasteiger partial charge in [0.2, 0.25) is 0 Å². The maximum absolute atomic E-state index is 12.4. The van der Waals surface area contributed by atoms with E-state index in [1.165, 1.54) is 24.8 Å². The quantitative estimate of drug-likeness (QED) is 0.860. The minimum Gasteiger partial charge on any atom is -0.476 e. The molecule has 8 heteroatoms. The molecule has 2 fully saturated rings. The van der Waals surface area contributed by atoms with Crippen LogP contribution in [0.5, 0.6) is 0 Å². The molecule has 2 N–H and O–H groups in total. The molecule has 0 saturated heterocycles. The van der Waals surface area contributed by atoms with Crippen molar-refractivity contribution < 1.29 is 18.3 Å². The van der Waals surface area contributed by atoms with Crippen LogP contribution in [0.3, 0.4) is 0 Å². The molecule has 116 valence electrons. The van der Waals surface area contributed by atoms with Gasteiger partial charge >= 0.3 is 5.97 Å². The standard InChI is InChI=1S/C13H18N2O4S2/c1-7(10-5-8-2-3-9(10)4-8)15-21(18,19)13-11(12(16)17)14-6-20-13/h6-10,15H,2-5H2,1H3,(H,16,17). The molecule has 0 aliphatic heterocycles. The van der Waals surface area contributed by atoms with Gasteiger partial charge in [-0.1, -0.05) is 6.42 Å². The van der Waals surface area contributed by atoms with Crippen molar-refractivity contribution in [3.63, 3.8) is 0 Å². The van der Waals surface area contributed by atoms with Gasteiger partial charge in [-0.25, -0.2) is 22.9 Å². The fraction of sp³-hybridized carbons (Fsp3) is 0.692. The van der Waals surface area contributed by atoms with Crippen LogP contribution in [-0.4, -0.2) is 30.5 Å². The van der Waals surface area contributed by atoms with Crippen LogP contribution in [0.1, 0.15) is 43.1 Å². The van der Waals surface area contributed by atoms with Gasteiger partial charge in [0.05, 0.1) is 5.51 Å². The van der Waals surface area contributed by atoms with E-state index in [0.29, 0.717) is 11.8 Å². The average Bonchev–Trinajstić information content (AvgIpc) is 3.13. The largest absolute Gasteiger partial charge is 0.476 e. The van der Waals surface area contributed by atoms with Crippen molar-refractivity contribution in [2.45, 2.75) is 42.9 Å². The third-order valence-electron chi connectivity index (χ3n) is 4.76. The van der Waals surface area contributed by atoms with Gasteiger partial charge in [0.15, 0.2) is 9.90 Å². The second-order valence-electron chi connectivity index (χ2n) is 6.04. The van der Waals surface area contributed by atoms with Gasteiger partial charge in [0, 0.05) is 6.04 Å². The Balaban J connectivity index is 1.77. The summed E-state index contributed by atoms with van der Waals surface area (Å²) in [6, 6.07) is -0.172. The van der Waals surface area contributed by atoms with Crippen LogP contribution in [-0.2, 0) is 10.0 Å². The Morgan fingerprint density at radius 3 is 2.81 bits per heavy atom. The van der Waals surface area contributed by atoms with Crippen LogP contribution >= 0.6 is 11.3 Å². The summed E-state index contributed by atoms with van der Waals surface area (Å²) in [6.07, 6.45) is 4.72. The first-order valence-electron chi connectivity index (χ1n) is 7.07. The minimum atomic E-state index is -3.82. The van der Waals surface area contributed by atoms with E-state index in [1.807, 2.05) is 6.92 Å². The van der Waals surface area contributed by atoms with Gasteiger partial charge < -0.3 is 5.11 Å². The molecule has 2 aliphatic rings. The Labute approximate surface area is 127 Å². The number of fused-ring (bicyclic) bond motifs is 2. The highest BCUT2D eigenvalue weighted by atomic mass is 32.2. The van der Waals surface area contributed by atoms with E-state index in [1.54, 1.807) is 0 Å². The van der Waals surface area contributed by atoms with E-state index in [2.05, 4.69) is 9.71 Å². The normalized spacial score (nSPS) is 29.7. The van der Waals surface area contributed by atoms with E-state index in [9.17, 15) is 13.2 Å². The van der Waals surface area contributed by atoms with Crippen molar-refractivity contribution in [2.75, 3.05) is 0 Å². The smallest absolute Gasteiger partial charge is 0.356 e. The lowest BCUT2D eigenvalue weighted by molar-refractivity contribution is 0.0687. The van der Waals surface area contributed by atoms with Crippen LogP contribution < -0.4 is 4.72 Å². The lowest BCUT2D eigenvalue weighted by Crippen LogP contribution is -2.40. The Morgan fingerprint density at radius 1 is 1.48 bits per heavy atom. The fourth-order valence-corrected chi connectivity index (χ4v) is 6.31. The highest BCUT2D eigenvalue weighted by molar-refractivity contribution is 7.91. The molecule has 1 heterocycles. The van der Waals surface area contributed by atoms with Crippen molar-refractivity contribution >= 4 is 27.3 Å². The molecule has 21 heavy (non-hydrogen) atoms. The number of carboxylic acid groups (broad SMARTS) is 1. The summed E-state index contributed by atoms with van der Waals surface area (Å²) in [5.74, 6) is 0.391. The molecule has 0 radical (unpaired) electrons. The maximum atomic E-state index is 12.4. The Morgan fingerprint density at radius 2 is 2.24 bits per heavy atom. The van der Waals surface area contributed by atoms with E-state index in [-0.39, 0.29) is 10.3 Å². The molecule has 2 bridgehead atoms. The second kappa shape index (κ2) is 5.33. The van der Waals surface area contributed by atoms with Crippen molar-refractivity contribution in [1.29, 1.82) is 0 Å². The maximum Gasteiger partial charge on any atom is 0.356 e. The number of thiazole rings is 1. The summed E-state index contributed by atoms with van der Waals surface area (Å²) in [6.45, 7) is 1.88. The molecule has 0 amide bonds. The van der Waals surface area contributed by atoms with Crippen LogP contribution in [0.15, 0.2) is 9.72 Å². The summed E-state index contributed by atoms with van der Waals surface area (Å²) in [5.41, 5.74) is 0.855. The van der Waals surface area contributed by atoms with Gasteiger partial charge in [-0.05, 0) is 43.9 Å². The number of carboxylic acids is 1. The summed E-state index contributed by atoms with van der Waals surface area (Å²) >= 11 is 0.842. The van der Waals surface area contributed by atoms with E-state index >= 15 is 0 Å². The lowest BCUT2D eigenvalue weighted by Gasteiger charge is -2.28. The Hall–Kier alpha value is -0.990. The van der Waals surface area contributed by atoms with Gasteiger partial charge in [-0.3, -0.25) is 0 Å². The van der Waals surface area contributed by atoms with Crippen LogP contribution in [0.25, 0.3) is 0 Å². The zero-order chi connectivity index (χ0) is 15.2. The zero-order valence-corrected chi connectivity index (χ0v) is 13.3. The Kier molecular flexibility index (Phi) is 3.79. The molecule has 6 nitrogen and oxygen atoms in total. The summed E-state index contributed by atoms with van der Waals surface area (Å²) in [5, 5.41) is 9.00. The molecule has 1 aromatic heterocycles. The van der Waals surface area contributed by atoms with E-state index < -0.39 is 21.7 Å². The fourth-order valence-electron chi connectivity index (χ4n) is 3.86. The van der Waals surface area contributed by atoms with Crippen molar-refractivity contribution in [2.24, 2.45) is 17.8 Å². The average molecular weight is 330 g/mol. The lowest BCUT2D eigenvalue weighted by atomic mass is 9.84. The predicted octanol–water partition coefficient (Wildman–Crippen LogP) is 1.94. The first-order valence-corrected chi connectivity index (χ1v) is 9.44. The van der Waals surface area contributed by atoms with Gasteiger partial charge in [0.25, 0.3) is 10.0 Å². The van der Waals surface area contributed by atoms with Crippen LogP contribution in [0, 0.1) is 17.8 Å². The molecule has 2 aliphatic carbocycles. The number of carbonyl (C=O) groups is 1. The zero-order valence-electron chi connectivity index (χ0n) is 11.7. The summed E-state index contributed by atoms with van der Waals surface area (Å²) in [7, 11) is -3.82. The number of nitrogens with zero attached hydrogens (tertiary/aromatic N) is 1. The van der Waals surface area contributed by atoms with Crippen LogP contribution in [0.4, 0.5) is 0 Å². The molecule has 0 spiro atoms. The SMILES string of the molecule is CC(NS(=O)(=O)c1scnc1C(=O)O)C1CC2CCC1C2. The number of hydrogen-bond acceptors (Lipinski definition) is 5. The highest BCUT2D eigenvalue weighted by Gasteiger charge is 2.43. The van der Waals surface area contributed by atoms with Gasteiger partial charge in [-0.15, -0.1) is 11.3 Å².